The van der Waals surface area contributed by atoms with Crippen LogP contribution in [-0.2, 0) is 0 Å². The van der Waals surface area contributed by atoms with Crippen molar-refractivity contribution in [3.8, 4) is 0 Å². The lowest BCUT2D eigenvalue weighted by Crippen LogP contribution is -2.50. The number of carbonyl (C=O) groups is 3. The molecule has 0 unspecified atom stereocenters. The van der Waals surface area contributed by atoms with Crippen molar-refractivity contribution in [2.45, 2.75) is 39.7 Å². The SMILES string of the molecule is CCN(C(=O)NCCCN1C(=O)c2ccc(Br)cc2C1=O)C(C)(C)C. The highest BCUT2D eigenvalue weighted by Crippen LogP contribution is 2.26. The van der Waals surface area contributed by atoms with Gasteiger partial charge in [-0.1, -0.05) is 15.9 Å². The van der Waals surface area contributed by atoms with E-state index >= 15 is 0 Å². The fraction of sp³-hybridized carbons (Fsp3) is 0.500. The lowest BCUT2D eigenvalue weighted by atomic mass is 10.1. The summed E-state index contributed by atoms with van der Waals surface area (Å²) >= 11 is 3.31. The molecule has 0 aromatic heterocycles. The minimum atomic E-state index is -0.280. The van der Waals surface area contributed by atoms with Gasteiger partial charge >= 0.3 is 6.03 Å². The summed E-state index contributed by atoms with van der Waals surface area (Å²) in [5, 5.41) is 2.85. The van der Waals surface area contributed by atoms with Crippen molar-refractivity contribution in [1.29, 1.82) is 0 Å². The molecule has 2 rings (SSSR count). The van der Waals surface area contributed by atoms with Gasteiger partial charge in [-0.3, -0.25) is 14.5 Å². The number of hydrogen-bond donors (Lipinski definition) is 1. The Morgan fingerprint density at radius 3 is 2.44 bits per heavy atom. The van der Waals surface area contributed by atoms with Crippen LogP contribution in [0.15, 0.2) is 22.7 Å². The zero-order valence-corrected chi connectivity index (χ0v) is 16.6. The van der Waals surface area contributed by atoms with Crippen LogP contribution in [0.5, 0.6) is 0 Å². The number of nitrogens with one attached hydrogen (secondary N) is 1. The van der Waals surface area contributed by atoms with Crippen molar-refractivity contribution in [1.82, 2.24) is 15.1 Å². The van der Waals surface area contributed by atoms with E-state index < -0.39 is 0 Å². The molecule has 0 spiro atoms. The number of carbonyl (C=O) groups excluding carboxylic acids is 3. The van der Waals surface area contributed by atoms with Gasteiger partial charge in [0.15, 0.2) is 0 Å². The van der Waals surface area contributed by atoms with Gasteiger partial charge in [-0.15, -0.1) is 0 Å². The minimum absolute atomic E-state index is 0.138. The molecule has 1 aliphatic rings. The Morgan fingerprint density at radius 1 is 1.20 bits per heavy atom. The van der Waals surface area contributed by atoms with Gasteiger partial charge in [-0.25, -0.2) is 4.79 Å². The van der Waals surface area contributed by atoms with E-state index in [1.54, 1.807) is 23.1 Å². The summed E-state index contributed by atoms with van der Waals surface area (Å²) < 4.78 is 0.767. The number of fused-ring (bicyclic) bond motifs is 1. The Kier molecular flexibility index (Phi) is 5.87. The molecule has 1 N–H and O–H groups in total. The first kappa shape index (κ1) is 19.4. The lowest BCUT2D eigenvalue weighted by molar-refractivity contribution is 0.0653. The molecule has 0 radical (unpaired) electrons. The second-order valence-electron chi connectivity index (χ2n) is 6.95. The number of rotatable bonds is 5. The Balaban J connectivity index is 1.88. The van der Waals surface area contributed by atoms with Crippen LogP contribution in [0.2, 0.25) is 0 Å². The highest BCUT2D eigenvalue weighted by Gasteiger charge is 2.35. The average molecular weight is 410 g/mol. The second kappa shape index (κ2) is 7.56. The van der Waals surface area contributed by atoms with E-state index in [4.69, 9.17) is 0 Å². The minimum Gasteiger partial charge on any atom is -0.338 e. The normalized spacial score (nSPS) is 13.9. The molecular formula is C18H24BrN3O3. The van der Waals surface area contributed by atoms with Gasteiger partial charge in [0.25, 0.3) is 11.8 Å². The van der Waals surface area contributed by atoms with E-state index in [9.17, 15) is 14.4 Å². The van der Waals surface area contributed by atoms with Gasteiger partial charge in [0.1, 0.15) is 0 Å². The van der Waals surface area contributed by atoms with Gasteiger partial charge in [0.2, 0.25) is 0 Å². The van der Waals surface area contributed by atoms with Crippen LogP contribution in [0, 0.1) is 0 Å². The fourth-order valence-electron chi connectivity index (χ4n) is 2.92. The molecule has 6 nitrogen and oxygen atoms in total. The molecule has 1 aromatic rings. The molecule has 0 atom stereocenters. The summed E-state index contributed by atoms with van der Waals surface area (Å²) in [5.41, 5.74) is 0.602. The topological polar surface area (TPSA) is 69.7 Å². The summed E-state index contributed by atoms with van der Waals surface area (Å²) in [4.78, 5) is 39.9. The largest absolute Gasteiger partial charge is 0.338 e. The molecule has 1 aliphatic heterocycles. The third-order valence-corrected chi connectivity index (χ3v) is 4.63. The van der Waals surface area contributed by atoms with E-state index in [1.807, 2.05) is 27.7 Å². The fourth-order valence-corrected chi connectivity index (χ4v) is 3.28. The van der Waals surface area contributed by atoms with Crippen molar-refractivity contribution in [3.05, 3.63) is 33.8 Å². The van der Waals surface area contributed by atoms with Gasteiger partial charge in [0, 0.05) is 29.6 Å². The molecular weight excluding hydrogens is 386 g/mol. The van der Waals surface area contributed by atoms with E-state index in [0.29, 0.717) is 30.6 Å². The van der Waals surface area contributed by atoms with Crippen molar-refractivity contribution >= 4 is 33.8 Å². The van der Waals surface area contributed by atoms with Crippen LogP contribution in [0.25, 0.3) is 0 Å². The summed E-state index contributed by atoms with van der Waals surface area (Å²) in [6.45, 7) is 9.17. The molecule has 0 fully saturated rings. The maximum Gasteiger partial charge on any atom is 0.317 e. The lowest BCUT2D eigenvalue weighted by Gasteiger charge is -2.34. The highest BCUT2D eigenvalue weighted by molar-refractivity contribution is 9.10. The first-order chi connectivity index (χ1) is 11.7. The molecule has 0 aliphatic carbocycles. The Labute approximate surface area is 156 Å². The Morgan fingerprint density at radius 2 is 1.84 bits per heavy atom. The van der Waals surface area contributed by atoms with Crippen molar-refractivity contribution in [2.75, 3.05) is 19.6 Å². The Bertz CT molecular complexity index is 697. The first-order valence-corrected chi connectivity index (χ1v) is 9.17. The number of imide groups is 1. The van der Waals surface area contributed by atoms with Crippen LogP contribution < -0.4 is 5.32 Å². The zero-order chi connectivity index (χ0) is 18.8. The van der Waals surface area contributed by atoms with E-state index in [2.05, 4.69) is 21.2 Å². The predicted octanol–water partition coefficient (Wildman–Crippen LogP) is 3.27. The van der Waals surface area contributed by atoms with Crippen LogP contribution in [0.3, 0.4) is 0 Å². The third-order valence-electron chi connectivity index (χ3n) is 4.14. The molecule has 25 heavy (non-hydrogen) atoms. The van der Waals surface area contributed by atoms with Gasteiger partial charge in [0.05, 0.1) is 11.1 Å². The monoisotopic (exact) mass is 409 g/mol. The van der Waals surface area contributed by atoms with E-state index in [1.165, 1.54) is 4.90 Å². The smallest absolute Gasteiger partial charge is 0.317 e. The molecule has 4 amide bonds. The van der Waals surface area contributed by atoms with Crippen molar-refractivity contribution in [3.63, 3.8) is 0 Å². The second-order valence-corrected chi connectivity index (χ2v) is 7.87. The first-order valence-electron chi connectivity index (χ1n) is 8.38. The molecule has 0 saturated carbocycles. The molecule has 136 valence electrons. The predicted molar refractivity (Wildman–Crippen MR) is 99.7 cm³/mol. The van der Waals surface area contributed by atoms with Crippen LogP contribution in [0.4, 0.5) is 4.79 Å². The van der Waals surface area contributed by atoms with Gasteiger partial charge in [-0.2, -0.15) is 0 Å². The van der Waals surface area contributed by atoms with Crippen molar-refractivity contribution in [2.24, 2.45) is 0 Å². The van der Waals surface area contributed by atoms with E-state index in [-0.39, 0.29) is 29.9 Å². The van der Waals surface area contributed by atoms with Gasteiger partial charge in [-0.05, 0) is 52.3 Å². The standard InChI is InChI=1S/C18H24BrN3O3/c1-5-22(18(2,3)4)17(25)20-9-6-10-21-15(23)13-8-7-12(19)11-14(13)16(21)24/h7-8,11H,5-6,9-10H2,1-4H3,(H,20,25). The molecule has 7 heteroatoms. The van der Waals surface area contributed by atoms with Crippen LogP contribution in [-0.4, -0.2) is 52.8 Å². The van der Waals surface area contributed by atoms with E-state index in [0.717, 1.165) is 4.47 Å². The number of benzene rings is 1. The summed E-state index contributed by atoms with van der Waals surface area (Å²) in [6, 6.07) is 4.93. The van der Waals surface area contributed by atoms with Crippen LogP contribution in [0.1, 0.15) is 54.8 Å². The summed E-state index contributed by atoms with van der Waals surface area (Å²) in [6.07, 6.45) is 0.514. The van der Waals surface area contributed by atoms with Crippen molar-refractivity contribution < 1.29 is 14.4 Å². The average Bonchev–Trinajstić information content (AvgIpc) is 2.74. The maximum atomic E-state index is 12.4. The molecule has 1 aromatic carbocycles. The maximum absolute atomic E-state index is 12.4. The van der Waals surface area contributed by atoms with Gasteiger partial charge < -0.3 is 10.2 Å². The summed E-state index contributed by atoms with van der Waals surface area (Å²) in [7, 11) is 0. The number of amides is 4. The third kappa shape index (κ3) is 4.21. The highest BCUT2D eigenvalue weighted by atomic mass is 79.9. The number of urea groups is 1. The molecule has 0 saturated heterocycles. The molecule has 0 bridgehead atoms. The molecule has 1 heterocycles. The Hall–Kier alpha value is -1.89. The number of hydrogen-bond acceptors (Lipinski definition) is 3. The zero-order valence-electron chi connectivity index (χ0n) is 15.1. The summed E-state index contributed by atoms with van der Waals surface area (Å²) in [5.74, 6) is -0.554. The number of nitrogens with zero attached hydrogens (tertiary/aromatic N) is 2. The number of halogens is 1. The van der Waals surface area contributed by atoms with Crippen LogP contribution >= 0.6 is 15.9 Å². The quantitative estimate of drug-likeness (QED) is 0.599.